The molecule has 0 saturated carbocycles. The lowest BCUT2D eigenvalue weighted by Gasteiger charge is -2.25. The standard InChI is InChI=1S/C30H28F4N6OS/c1-29(2,19-8-10-20(11-9-19)30(32,33)34)27(41)39-25-12-7-18(15-24(25)31)23-17-36-28-38-21-5-3-6-22(16-21)42-37-14-4-13-35-26(23)40-28/h3,5-12,15-17,37H,4,13-14H2,1-2H3,(H,39,41)(H2,35,36,38,40). The first-order valence-corrected chi connectivity index (χ1v) is 14.0. The number of carbonyl (C=O) groups excluding carboxylic acids is 1. The van der Waals surface area contributed by atoms with Crippen LogP contribution in [0.2, 0.25) is 0 Å². The molecule has 2 heterocycles. The molecule has 12 heteroatoms. The molecule has 0 aliphatic carbocycles. The molecule has 0 atom stereocenters. The van der Waals surface area contributed by atoms with Crippen LogP contribution in [0.15, 0.2) is 77.8 Å². The van der Waals surface area contributed by atoms with E-state index < -0.39 is 28.9 Å². The van der Waals surface area contributed by atoms with Crippen molar-refractivity contribution in [1.29, 1.82) is 0 Å². The van der Waals surface area contributed by atoms with Crippen molar-refractivity contribution in [2.45, 2.75) is 36.8 Å². The van der Waals surface area contributed by atoms with Crippen molar-refractivity contribution in [2.75, 3.05) is 29.0 Å². The maximum atomic E-state index is 15.3. The van der Waals surface area contributed by atoms with Gasteiger partial charge in [-0.1, -0.05) is 24.3 Å². The van der Waals surface area contributed by atoms with E-state index in [4.69, 9.17) is 0 Å². The lowest BCUT2D eigenvalue weighted by Crippen LogP contribution is -2.35. The van der Waals surface area contributed by atoms with Crippen LogP contribution in [0.3, 0.4) is 0 Å². The SMILES string of the molecule is CC(C)(C(=O)Nc1ccc(-c2cnc3nc2NCCCNSc2cccc(c2)N3)cc1F)c1ccc(C(F)(F)F)cc1. The molecule has 0 radical (unpaired) electrons. The van der Waals surface area contributed by atoms with Gasteiger partial charge in [0.05, 0.1) is 16.7 Å². The summed E-state index contributed by atoms with van der Waals surface area (Å²) < 4.78 is 57.5. The molecule has 0 fully saturated rings. The summed E-state index contributed by atoms with van der Waals surface area (Å²) in [5.41, 5.74) is 0.174. The Morgan fingerprint density at radius 1 is 0.976 bits per heavy atom. The number of benzene rings is 3. The van der Waals surface area contributed by atoms with Crippen molar-refractivity contribution >= 4 is 41.0 Å². The first kappa shape index (κ1) is 29.3. The number of carbonyl (C=O) groups is 1. The molecular weight excluding hydrogens is 568 g/mol. The minimum atomic E-state index is -4.48. The molecule has 0 unspecified atom stereocenters. The van der Waals surface area contributed by atoms with Crippen molar-refractivity contribution < 1.29 is 22.4 Å². The van der Waals surface area contributed by atoms with Gasteiger partial charge in [-0.25, -0.2) is 9.37 Å². The van der Waals surface area contributed by atoms with Gasteiger partial charge in [0, 0.05) is 35.4 Å². The van der Waals surface area contributed by atoms with Gasteiger partial charge in [0.15, 0.2) is 0 Å². The quantitative estimate of drug-likeness (QED) is 0.144. The largest absolute Gasteiger partial charge is 0.416 e. The molecule has 218 valence electrons. The molecule has 0 spiro atoms. The maximum absolute atomic E-state index is 15.3. The minimum Gasteiger partial charge on any atom is -0.369 e. The zero-order chi connectivity index (χ0) is 29.9. The summed E-state index contributed by atoms with van der Waals surface area (Å²) in [4.78, 5) is 23.2. The fraction of sp³-hybridized carbons (Fsp3) is 0.233. The van der Waals surface area contributed by atoms with E-state index in [1.807, 2.05) is 24.3 Å². The van der Waals surface area contributed by atoms with Crippen LogP contribution in [0.5, 0.6) is 0 Å². The predicted octanol–water partition coefficient (Wildman–Crippen LogP) is 7.37. The van der Waals surface area contributed by atoms with Crippen LogP contribution in [0.25, 0.3) is 11.1 Å². The van der Waals surface area contributed by atoms with Gasteiger partial charge in [0.25, 0.3) is 0 Å². The van der Waals surface area contributed by atoms with Crippen molar-refractivity contribution in [3.63, 3.8) is 0 Å². The average molecular weight is 597 g/mol. The zero-order valence-electron chi connectivity index (χ0n) is 22.8. The molecule has 42 heavy (non-hydrogen) atoms. The van der Waals surface area contributed by atoms with Crippen LogP contribution in [-0.4, -0.2) is 29.0 Å². The highest BCUT2D eigenvalue weighted by molar-refractivity contribution is 7.97. The smallest absolute Gasteiger partial charge is 0.369 e. The van der Waals surface area contributed by atoms with E-state index in [0.717, 1.165) is 35.7 Å². The minimum absolute atomic E-state index is 0.0562. The summed E-state index contributed by atoms with van der Waals surface area (Å²) in [6.07, 6.45) is -2.06. The molecule has 1 aliphatic rings. The maximum Gasteiger partial charge on any atom is 0.416 e. The second-order valence-electron chi connectivity index (χ2n) is 10.2. The summed E-state index contributed by atoms with van der Waals surface area (Å²) in [5.74, 6) is -0.343. The Morgan fingerprint density at radius 3 is 2.48 bits per heavy atom. The van der Waals surface area contributed by atoms with Gasteiger partial charge in [0.1, 0.15) is 11.6 Å². The zero-order valence-corrected chi connectivity index (χ0v) is 23.6. The number of aromatic nitrogens is 2. The van der Waals surface area contributed by atoms with Gasteiger partial charge >= 0.3 is 6.18 Å². The molecule has 5 rings (SSSR count). The highest BCUT2D eigenvalue weighted by Crippen LogP contribution is 2.34. The fourth-order valence-corrected chi connectivity index (χ4v) is 5.07. The Bertz CT molecular complexity index is 1590. The van der Waals surface area contributed by atoms with Crippen LogP contribution in [0, 0.1) is 5.82 Å². The van der Waals surface area contributed by atoms with E-state index in [0.29, 0.717) is 35.0 Å². The number of hydrogen-bond donors (Lipinski definition) is 4. The van der Waals surface area contributed by atoms with Gasteiger partial charge in [-0.15, -0.1) is 0 Å². The molecule has 0 saturated heterocycles. The monoisotopic (exact) mass is 596 g/mol. The highest BCUT2D eigenvalue weighted by atomic mass is 32.2. The van der Waals surface area contributed by atoms with E-state index in [-0.39, 0.29) is 5.69 Å². The summed E-state index contributed by atoms with van der Waals surface area (Å²) in [6.45, 7) is 4.50. The van der Waals surface area contributed by atoms with Gasteiger partial charge in [-0.2, -0.15) is 18.2 Å². The summed E-state index contributed by atoms with van der Waals surface area (Å²) in [5, 5.41) is 9.09. The average Bonchev–Trinajstić information content (AvgIpc) is 2.96. The van der Waals surface area contributed by atoms with E-state index in [1.165, 1.54) is 24.3 Å². The summed E-state index contributed by atoms with van der Waals surface area (Å²) >= 11 is 1.54. The Kier molecular flexibility index (Phi) is 8.37. The summed E-state index contributed by atoms with van der Waals surface area (Å²) in [7, 11) is 0. The number of anilines is 4. The molecule has 1 amide bonds. The number of amides is 1. The summed E-state index contributed by atoms with van der Waals surface area (Å²) in [6, 6.07) is 16.6. The van der Waals surface area contributed by atoms with E-state index in [2.05, 4.69) is 30.6 Å². The van der Waals surface area contributed by atoms with Gasteiger partial charge < -0.3 is 16.0 Å². The second kappa shape index (κ2) is 12.0. The number of rotatable bonds is 4. The topological polar surface area (TPSA) is 91.0 Å². The molecule has 1 aliphatic heterocycles. The Morgan fingerprint density at radius 2 is 1.74 bits per heavy atom. The number of nitrogens with zero attached hydrogens (tertiary/aromatic N) is 2. The molecule has 4 aromatic rings. The predicted molar refractivity (Wildman–Crippen MR) is 157 cm³/mol. The fourth-order valence-electron chi connectivity index (χ4n) is 4.33. The third kappa shape index (κ3) is 6.66. The normalized spacial score (nSPS) is 14.0. The third-order valence-electron chi connectivity index (χ3n) is 6.85. The lowest BCUT2D eigenvalue weighted by molar-refractivity contribution is -0.137. The van der Waals surface area contributed by atoms with Crippen molar-refractivity contribution in [2.24, 2.45) is 0 Å². The van der Waals surface area contributed by atoms with Crippen LogP contribution in [0.1, 0.15) is 31.4 Å². The Balaban J connectivity index is 1.36. The molecule has 3 aromatic carbocycles. The Hall–Kier alpha value is -4.16. The number of nitrogens with one attached hydrogen (secondary N) is 4. The van der Waals surface area contributed by atoms with Crippen molar-refractivity contribution in [3.05, 3.63) is 89.9 Å². The number of fused-ring (bicyclic) bond motifs is 4. The first-order chi connectivity index (χ1) is 20.0. The first-order valence-electron chi connectivity index (χ1n) is 13.2. The molecule has 7 nitrogen and oxygen atoms in total. The second-order valence-corrected chi connectivity index (χ2v) is 11.2. The highest BCUT2D eigenvalue weighted by Gasteiger charge is 2.33. The van der Waals surface area contributed by atoms with Crippen molar-refractivity contribution in [3.8, 4) is 11.1 Å². The van der Waals surface area contributed by atoms with Crippen LogP contribution in [0.4, 0.5) is 40.7 Å². The molecule has 4 bridgehead atoms. The number of hydrogen-bond acceptors (Lipinski definition) is 7. The van der Waals surface area contributed by atoms with Crippen LogP contribution >= 0.6 is 11.9 Å². The third-order valence-corrected chi connectivity index (χ3v) is 7.68. The molecular formula is C30H28F4N6OS. The molecule has 1 aromatic heterocycles. The number of alkyl halides is 3. The number of halogens is 4. The van der Waals surface area contributed by atoms with Gasteiger partial charge in [-0.05, 0) is 85.8 Å². The lowest BCUT2D eigenvalue weighted by atomic mass is 9.83. The van der Waals surface area contributed by atoms with Crippen LogP contribution < -0.4 is 20.7 Å². The Labute approximate surface area is 244 Å². The van der Waals surface area contributed by atoms with Crippen molar-refractivity contribution in [1.82, 2.24) is 14.7 Å². The van der Waals surface area contributed by atoms with Gasteiger partial charge in [-0.3, -0.25) is 9.52 Å². The molecule has 4 N–H and O–H groups in total. The van der Waals surface area contributed by atoms with E-state index >= 15 is 4.39 Å². The van der Waals surface area contributed by atoms with Crippen LogP contribution in [-0.2, 0) is 16.4 Å². The van der Waals surface area contributed by atoms with Gasteiger partial charge in [0.2, 0.25) is 11.9 Å². The van der Waals surface area contributed by atoms with E-state index in [1.54, 1.807) is 38.1 Å². The van der Waals surface area contributed by atoms with E-state index in [9.17, 15) is 18.0 Å².